The summed E-state index contributed by atoms with van der Waals surface area (Å²) in [6.45, 7) is 3.81. The standard InChI is InChI=1S/C29H34N6O4/c1-3-19(2)24(15-23(36)13-20-9-5-4-6-10-20)28(38)31-18-27(37)35-25-12-8-7-11-21(25)14-26(35)29(39)30-16-22-17-32-34-33-22/h4-12,17,19,24,26H,3,13-16,18H2,1-2H3,(H,30,39)(H,31,38)(H,32,33,34)/t19-,24-,26-/m0/s1. The summed E-state index contributed by atoms with van der Waals surface area (Å²) in [5.74, 6) is -1.66. The van der Waals surface area contributed by atoms with E-state index in [1.807, 2.05) is 62.4 Å². The molecule has 0 radical (unpaired) electrons. The van der Waals surface area contributed by atoms with Crippen molar-refractivity contribution in [3.63, 3.8) is 0 Å². The van der Waals surface area contributed by atoms with E-state index in [2.05, 4.69) is 26.0 Å². The molecular formula is C29H34N6O4. The summed E-state index contributed by atoms with van der Waals surface area (Å²) in [6.07, 6.45) is 2.96. The third-order valence-electron chi connectivity index (χ3n) is 7.23. The number of fused-ring (bicyclic) bond motifs is 1. The fourth-order valence-corrected chi connectivity index (χ4v) is 4.87. The molecule has 4 rings (SSSR count). The van der Waals surface area contributed by atoms with E-state index in [1.54, 1.807) is 6.07 Å². The number of hydrogen-bond donors (Lipinski definition) is 3. The van der Waals surface area contributed by atoms with E-state index in [0.29, 0.717) is 17.8 Å². The molecule has 3 amide bonds. The summed E-state index contributed by atoms with van der Waals surface area (Å²) in [5, 5.41) is 15.7. The van der Waals surface area contributed by atoms with Crippen LogP contribution >= 0.6 is 0 Å². The van der Waals surface area contributed by atoms with Crippen molar-refractivity contribution in [1.82, 2.24) is 26.0 Å². The number of carbonyl (C=O) groups is 4. The molecule has 3 atom stereocenters. The largest absolute Gasteiger partial charge is 0.348 e. The van der Waals surface area contributed by atoms with Crippen LogP contribution in [0.2, 0.25) is 0 Å². The maximum absolute atomic E-state index is 13.4. The van der Waals surface area contributed by atoms with Crippen molar-refractivity contribution in [2.45, 2.75) is 52.1 Å². The van der Waals surface area contributed by atoms with Crippen molar-refractivity contribution in [3.8, 4) is 0 Å². The minimum absolute atomic E-state index is 0.0229. The maximum Gasteiger partial charge on any atom is 0.247 e. The summed E-state index contributed by atoms with van der Waals surface area (Å²) in [4.78, 5) is 54.0. The van der Waals surface area contributed by atoms with Crippen LogP contribution < -0.4 is 15.5 Å². The van der Waals surface area contributed by atoms with E-state index < -0.39 is 17.9 Å². The maximum atomic E-state index is 13.4. The second kappa shape index (κ2) is 12.9. The highest BCUT2D eigenvalue weighted by Gasteiger charge is 2.38. The zero-order valence-corrected chi connectivity index (χ0v) is 22.2. The molecule has 10 heteroatoms. The number of anilines is 1. The molecule has 0 saturated heterocycles. The number of Topliss-reactive ketones (excluding diaryl/α,β-unsaturated/α-hetero) is 1. The van der Waals surface area contributed by atoms with Crippen molar-refractivity contribution in [2.75, 3.05) is 11.4 Å². The Labute approximate surface area is 227 Å². The molecule has 0 bridgehead atoms. The van der Waals surface area contributed by atoms with Crippen LogP contribution in [0.3, 0.4) is 0 Å². The number of nitrogens with zero attached hydrogens (tertiary/aromatic N) is 3. The van der Waals surface area contributed by atoms with Gasteiger partial charge in [-0.15, -0.1) is 0 Å². The Kier molecular flexibility index (Phi) is 9.19. The van der Waals surface area contributed by atoms with Gasteiger partial charge in [-0.25, -0.2) is 0 Å². The van der Waals surface area contributed by atoms with E-state index in [-0.39, 0.29) is 49.4 Å². The van der Waals surface area contributed by atoms with E-state index in [0.717, 1.165) is 17.5 Å². The van der Waals surface area contributed by atoms with Crippen LogP contribution in [0.25, 0.3) is 0 Å². The Bertz CT molecular complexity index is 1290. The molecule has 10 nitrogen and oxygen atoms in total. The van der Waals surface area contributed by atoms with Gasteiger partial charge in [0, 0.05) is 30.9 Å². The molecule has 3 N–H and O–H groups in total. The van der Waals surface area contributed by atoms with E-state index in [9.17, 15) is 19.2 Å². The van der Waals surface area contributed by atoms with Gasteiger partial charge in [0.2, 0.25) is 17.7 Å². The summed E-state index contributed by atoms with van der Waals surface area (Å²) >= 11 is 0. The summed E-state index contributed by atoms with van der Waals surface area (Å²) in [5.41, 5.74) is 3.00. The Morgan fingerprint density at radius 2 is 1.79 bits per heavy atom. The van der Waals surface area contributed by atoms with Gasteiger partial charge in [-0.2, -0.15) is 15.4 Å². The first kappa shape index (κ1) is 27.7. The molecule has 1 aromatic heterocycles. The van der Waals surface area contributed by atoms with Gasteiger partial charge in [-0.1, -0.05) is 68.8 Å². The third kappa shape index (κ3) is 6.95. The molecule has 204 valence electrons. The van der Waals surface area contributed by atoms with Gasteiger partial charge < -0.3 is 10.6 Å². The molecule has 39 heavy (non-hydrogen) atoms. The normalized spacial score (nSPS) is 15.7. The van der Waals surface area contributed by atoms with Gasteiger partial charge in [-0.3, -0.25) is 24.1 Å². The minimum Gasteiger partial charge on any atom is -0.348 e. The van der Waals surface area contributed by atoms with Gasteiger partial charge in [-0.05, 0) is 23.1 Å². The molecular weight excluding hydrogens is 496 g/mol. The molecule has 1 aliphatic rings. The van der Waals surface area contributed by atoms with Crippen molar-refractivity contribution in [1.29, 1.82) is 0 Å². The number of amides is 3. The van der Waals surface area contributed by atoms with Crippen molar-refractivity contribution in [2.24, 2.45) is 11.8 Å². The van der Waals surface area contributed by atoms with Crippen LogP contribution in [0, 0.1) is 11.8 Å². The molecule has 2 aromatic carbocycles. The summed E-state index contributed by atoms with van der Waals surface area (Å²) in [6, 6.07) is 16.0. The van der Waals surface area contributed by atoms with Crippen LogP contribution in [0.5, 0.6) is 0 Å². The third-order valence-corrected chi connectivity index (χ3v) is 7.23. The van der Waals surface area contributed by atoms with Crippen molar-refractivity contribution >= 4 is 29.2 Å². The quantitative estimate of drug-likeness (QED) is 0.329. The molecule has 0 aliphatic carbocycles. The van der Waals surface area contributed by atoms with Gasteiger partial charge in [0.1, 0.15) is 17.5 Å². The zero-order chi connectivity index (χ0) is 27.8. The summed E-state index contributed by atoms with van der Waals surface area (Å²) < 4.78 is 0. The van der Waals surface area contributed by atoms with Crippen LogP contribution in [0.1, 0.15) is 43.5 Å². The Morgan fingerprint density at radius 1 is 1.05 bits per heavy atom. The molecule has 0 saturated carbocycles. The fraction of sp³-hybridized carbons (Fsp3) is 0.379. The first-order valence-electron chi connectivity index (χ1n) is 13.2. The van der Waals surface area contributed by atoms with Crippen LogP contribution in [-0.2, 0) is 38.6 Å². The number of aromatic amines is 1. The van der Waals surface area contributed by atoms with Gasteiger partial charge >= 0.3 is 0 Å². The molecule has 2 heterocycles. The van der Waals surface area contributed by atoms with Gasteiger partial charge in [0.15, 0.2) is 0 Å². The number of rotatable bonds is 12. The molecule has 0 unspecified atom stereocenters. The van der Waals surface area contributed by atoms with Crippen LogP contribution in [0.4, 0.5) is 5.69 Å². The molecule has 1 aliphatic heterocycles. The monoisotopic (exact) mass is 530 g/mol. The number of carbonyl (C=O) groups excluding carboxylic acids is 4. The van der Waals surface area contributed by atoms with Crippen molar-refractivity contribution < 1.29 is 19.2 Å². The highest BCUT2D eigenvalue weighted by Crippen LogP contribution is 2.32. The Hall–Kier alpha value is -4.34. The average molecular weight is 531 g/mol. The van der Waals surface area contributed by atoms with E-state index in [4.69, 9.17) is 0 Å². The van der Waals surface area contributed by atoms with E-state index >= 15 is 0 Å². The lowest BCUT2D eigenvalue weighted by molar-refractivity contribution is -0.132. The SMILES string of the molecule is CC[C@H](C)[C@H](CC(=O)Cc1ccccc1)C(=O)NCC(=O)N1c2ccccc2C[C@H]1C(=O)NCc1cn[nH]n1. The average Bonchev–Trinajstić information content (AvgIpc) is 3.61. The number of ketones is 1. The van der Waals surface area contributed by atoms with Crippen molar-refractivity contribution in [3.05, 3.63) is 77.6 Å². The first-order chi connectivity index (χ1) is 18.9. The smallest absolute Gasteiger partial charge is 0.247 e. The van der Waals surface area contributed by atoms with Crippen LogP contribution in [-0.4, -0.2) is 51.5 Å². The molecule has 3 aromatic rings. The Balaban J connectivity index is 1.41. The van der Waals surface area contributed by atoms with Gasteiger partial charge in [0.25, 0.3) is 0 Å². The number of para-hydroxylation sites is 1. The highest BCUT2D eigenvalue weighted by atomic mass is 16.2. The second-order valence-corrected chi connectivity index (χ2v) is 9.91. The topological polar surface area (TPSA) is 137 Å². The lowest BCUT2D eigenvalue weighted by atomic mass is 9.85. The molecule has 0 fully saturated rings. The highest BCUT2D eigenvalue weighted by molar-refractivity contribution is 6.05. The fourth-order valence-electron chi connectivity index (χ4n) is 4.87. The van der Waals surface area contributed by atoms with Crippen LogP contribution in [0.15, 0.2) is 60.8 Å². The minimum atomic E-state index is -0.753. The Morgan fingerprint density at radius 3 is 2.51 bits per heavy atom. The zero-order valence-electron chi connectivity index (χ0n) is 22.2. The van der Waals surface area contributed by atoms with Gasteiger partial charge in [0.05, 0.1) is 19.3 Å². The molecule has 0 spiro atoms. The summed E-state index contributed by atoms with van der Waals surface area (Å²) in [7, 11) is 0. The lowest BCUT2D eigenvalue weighted by Gasteiger charge is -2.26. The van der Waals surface area contributed by atoms with E-state index in [1.165, 1.54) is 11.1 Å². The number of nitrogens with one attached hydrogen (secondary N) is 3. The number of H-pyrrole nitrogens is 1. The second-order valence-electron chi connectivity index (χ2n) is 9.91. The first-order valence-corrected chi connectivity index (χ1v) is 13.2. The predicted octanol–water partition coefficient (Wildman–Crippen LogP) is 2.36. The number of hydrogen-bond acceptors (Lipinski definition) is 6. The predicted molar refractivity (Wildman–Crippen MR) is 145 cm³/mol. The number of aromatic nitrogens is 3. The number of benzene rings is 2. The lowest BCUT2D eigenvalue weighted by Crippen LogP contribution is -2.51.